The maximum atomic E-state index is 13.3. The van der Waals surface area contributed by atoms with E-state index in [1.54, 1.807) is 43.0 Å². The Labute approximate surface area is 162 Å². The first-order valence-electron chi connectivity index (χ1n) is 8.04. The van der Waals surface area contributed by atoms with Crippen LogP contribution >= 0.6 is 22.7 Å². The number of ketones is 1. The molecule has 9 heteroatoms. The van der Waals surface area contributed by atoms with Gasteiger partial charge in [0.25, 0.3) is 5.91 Å². The van der Waals surface area contributed by atoms with Gasteiger partial charge in [-0.2, -0.15) is 0 Å². The van der Waals surface area contributed by atoms with Gasteiger partial charge >= 0.3 is 0 Å². The fourth-order valence-corrected chi connectivity index (χ4v) is 4.63. The minimum absolute atomic E-state index is 0.0231. The zero-order valence-corrected chi connectivity index (χ0v) is 16.0. The molecule has 0 bridgehead atoms. The van der Waals surface area contributed by atoms with E-state index in [4.69, 9.17) is 0 Å². The van der Waals surface area contributed by atoms with E-state index in [-0.39, 0.29) is 5.57 Å². The summed E-state index contributed by atoms with van der Waals surface area (Å²) in [5, 5.41) is 13.5. The van der Waals surface area contributed by atoms with Crippen LogP contribution in [-0.4, -0.2) is 31.7 Å². The van der Waals surface area contributed by atoms with Crippen molar-refractivity contribution in [3.63, 3.8) is 0 Å². The molecule has 0 radical (unpaired) electrons. The van der Waals surface area contributed by atoms with Crippen molar-refractivity contribution in [1.82, 2.24) is 15.0 Å². The fraction of sp³-hybridized carbons (Fsp3) is 0.167. The first kappa shape index (κ1) is 17.5. The third-order valence-corrected chi connectivity index (χ3v) is 6.03. The molecule has 3 aromatic heterocycles. The lowest BCUT2D eigenvalue weighted by atomic mass is 9.96. The van der Waals surface area contributed by atoms with Crippen LogP contribution in [0.25, 0.3) is 0 Å². The number of nitrogens with zero attached hydrogens (tertiary/aromatic N) is 4. The Kier molecular flexibility index (Phi) is 4.33. The SMILES string of the molecule is Cc1nc(C)c(C(=O)C2=C(O)C(=O)N(c3nccs3)C2c2cccnc2)s1. The van der Waals surface area contributed by atoms with Gasteiger partial charge in [-0.1, -0.05) is 6.07 Å². The van der Waals surface area contributed by atoms with E-state index < -0.39 is 23.5 Å². The number of aromatic nitrogens is 3. The monoisotopic (exact) mass is 398 g/mol. The molecule has 0 saturated heterocycles. The zero-order chi connectivity index (χ0) is 19.1. The molecule has 136 valence electrons. The molecule has 1 unspecified atom stereocenters. The van der Waals surface area contributed by atoms with Crippen LogP contribution < -0.4 is 4.90 Å². The number of hydrogen-bond acceptors (Lipinski definition) is 8. The van der Waals surface area contributed by atoms with Crippen molar-refractivity contribution < 1.29 is 14.7 Å². The Balaban J connectivity index is 1.88. The maximum absolute atomic E-state index is 13.3. The summed E-state index contributed by atoms with van der Waals surface area (Å²) in [5.41, 5.74) is 1.22. The molecular formula is C18H14N4O3S2. The number of amides is 1. The Morgan fingerprint density at radius 3 is 2.70 bits per heavy atom. The Hall–Kier alpha value is -2.91. The topological polar surface area (TPSA) is 96.3 Å². The number of carbonyl (C=O) groups is 2. The van der Waals surface area contributed by atoms with Gasteiger partial charge in [0.05, 0.1) is 27.2 Å². The first-order chi connectivity index (χ1) is 13.0. The van der Waals surface area contributed by atoms with E-state index >= 15 is 0 Å². The number of thiazole rings is 2. The number of pyridine rings is 1. The molecule has 1 N–H and O–H groups in total. The maximum Gasteiger partial charge on any atom is 0.296 e. The molecule has 1 aliphatic heterocycles. The van der Waals surface area contributed by atoms with Crippen molar-refractivity contribution in [3.8, 4) is 0 Å². The summed E-state index contributed by atoms with van der Waals surface area (Å²) >= 11 is 2.50. The van der Waals surface area contributed by atoms with Crippen LogP contribution in [0.1, 0.15) is 32.0 Å². The number of hydrogen-bond donors (Lipinski definition) is 1. The molecule has 3 aromatic rings. The van der Waals surface area contributed by atoms with Crippen LogP contribution in [0.2, 0.25) is 0 Å². The van der Waals surface area contributed by atoms with Crippen molar-refractivity contribution in [1.29, 1.82) is 0 Å². The number of aliphatic hydroxyl groups is 1. The van der Waals surface area contributed by atoms with E-state index in [0.29, 0.717) is 21.3 Å². The van der Waals surface area contributed by atoms with Crippen LogP contribution in [-0.2, 0) is 4.79 Å². The summed E-state index contributed by atoms with van der Waals surface area (Å²) < 4.78 is 0. The normalized spacial score (nSPS) is 17.0. The molecule has 0 aliphatic carbocycles. The van der Waals surface area contributed by atoms with Crippen molar-refractivity contribution in [2.45, 2.75) is 19.9 Å². The molecule has 1 aliphatic rings. The third-order valence-electron chi connectivity index (χ3n) is 4.19. The Morgan fingerprint density at radius 1 is 1.30 bits per heavy atom. The van der Waals surface area contributed by atoms with Gasteiger partial charge in [-0.3, -0.25) is 19.5 Å². The number of rotatable bonds is 4. The van der Waals surface area contributed by atoms with Crippen molar-refractivity contribution in [3.05, 3.63) is 68.6 Å². The molecular weight excluding hydrogens is 384 g/mol. The molecule has 7 nitrogen and oxygen atoms in total. The van der Waals surface area contributed by atoms with Crippen LogP contribution in [0, 0.1) is 13.8 Å². The highest BCUT2D eigenvalue weighted by Gasteiger charge is 2.46. The summed E-state index contributed by atoms with van der Waals surface area (Å²) in [6.45, 7) is 3.55. The smallest absolute Gasteiger partial charge is 0.296 e. The predicted octanol–water partition coefficient (Wildman–Crippen LogP) is 3.39. The molecule has 27 heavy (non-hydrogen) atoms. The van der Waals surface area contributed by atoms with Crippen LogP contribution in [0.3, 0.4) is 0 Å². The van der Waals surface area contributed by atoms with Gasteiger partial charge in [-0.25, -0.2) is 9.97 Å². The van der Waals surface area contributed by atoms with Gasteiger partial charge in [0.2, 0.25) is 5.78 Å². The van der Waals surface area contributed by atoms with Gasteiger partial charge in [0.1, 0.15) is 0 Å². The summed E-state index contributed by atoms with van der Waals surface area (Å²) in [5.74, 6) is -1.62. The zero-order valence-electron chi connectivity index (χ0n) is 14.4. The number of Topliss-reactive ketones (excluding diaryl/α,β-unsaturated/α-hetero) is 1. The molecule has 0 saturated carbocycles. The van der Waals surface area contributed by atoms with E-state index in [9.17, 15) is 14.7 Å². The summed E-state index contributed by atoms with van der Waals surface area (Å²) in [7, 11) is 0. The molecule has 0 aromatic carbocycles. The van der Waals surface area contributed by atoms with E-state index in [1.807, 2.05) is 6.92 Å². The molecule has 1 amide bonds. The number of carbonyl (C=O) groups excluding carboxylic acids is 2. The van der Waals surface area contributed by atoms with E-state index in [0.717, 1.165) is 5.01 Å². The predicted molar refractivity (Wildman–Crippen MR) is 102 cm³/mol. The highest BCUT2D eigenvalue weighted by atomic mass is 32.1. The van der Waals surface area contributed by atoms with Gasteiger partial charge in [-0.15, -0.1) is 22.7 Å². The third kappa shape index (κ3) is 2.84. The largest absolute Gasteiger partial charge is 0.503 e. The van der Waals surface area contributed by atoms with Crippen molar-refractivity contribution >= 4 is 39.5 Å². The quantitative estimate of drug-likeness (QED) is 0.677. The van der Waals surface area contributed by atoms with Gasteiger partial charge in [0, 0.05) is 24.0 Å². The molecule has 4 rings (SSSR count). The summed E-state index contributed by atoms with van der Waals surface area (Å²) in [6, 6.07) is 2.69. The number of aryl methyl sites for hydroxylation is 2. The van der Waals surface area contributed by atoms with Crippen molar-refractivity contribution in [2.75, 3.05) is 4.90 Å². The second kappa shape index (κ2) is 6.67. The molecule has 0 spiro atoms. The second-order valence-corrected chi connectivity index (χ2v) is 7.99. The number of aliphatic hydroxyl groups excluding tert-OH is 1. The minimum Gasteiger partial charge on any atom is -0.503 e. The summed E-state index contributed by atoms with van der Waals surface area (Å²) in [6.07, 6.45) is 4.76. The lowest BCUT2D eigenvalue weighted by molar-refractivity contribution is -0.117. The van der Waals surface area contributed by atoms with E-state index in [2.05, 4.69) is 15.0 Å². The minimum atomic E-state index is -0.799. The van der Waals surface area contributed by atoms with E-state index in [1.165, 1.54) is 27.6 Å². The van der Waals surface area contributed by atoms with Gasteiger partial charge in [0.15, 0.2) is 10.9 Å². The average molecular weight is 398 g/mol. The molecule has 4 heterocycles. The van der Waals surface area contributed by atoms with Gasteiger partial charge < -0.3 is 5.11 Å². The standard InChI is InChI=1S/C18H14N4O3S2/c1-9-16(27-10(2)21-9)14(23)12-13(11-4-3-5-19-8-11)22(17(25)15(12)24)18-20-6-7-26-18/h3-8,13,24H,1-2H3. The lowest BCUT2D eigenvalue weighted by Gasteiger charge is -2.24. The Morgan fingerprint density at radius 2 is 2.11 bits per heavy atom. The first-order valence-corrected chi connectivity index (χ1v) is 9.73. The average Bonchev–Trinajstić information content (AvgIpc) is 3.35. The molecule has 0 fully saturated rings. The molecule has 1 atom stereocenters. The van der Waals surface area contributed by atoms with Crippen LogP contribution in [0.4, 0.5) is 5.13 Å². The highest BCUT2D eigenvalue weighted by Crippen LogP contribution is 2.42. The fourth-order valence-electron chi connectivity index (χ4n) is 3.09. The lowest BCUT2D eigenvalue weighted by Crippen LogP contribution is -2.31. The summed E-state index contributed by atoms with van der Waals surface area (Å²) in [4.78, 5) is 40.4. The van der Waals surface area contributed by atoms with Crippen LogP contribution in [0.5, 0.6) is 0 Å². The van der Waals surface area contributed by atoms with Crippen LogP contribution in [0.15, 0.2) is 47.4 Å². The Bertz CT molecular complexity index is 1060. The second-order valence-electron chi connectivity index (χ2n) is 5.92. The van der Waals surface area contributed by atoms with Gasteiger partial charge in [-0.05, 0) is 25.5 Å². The number of anilines is 1. The highest BCUT2D eigenvalue weighted by molar-refractivity contribution is 7.14. The van der Waals surface area contributed by atoms with Crippen molar-refractivity contribution in [2.24, 2.45) is 0 Å².